The number of benzene rings is 2. The highest BCUT2D eigenvalue weighted by Gasteiger charge is 2.35. The first kappa shape index (κ1) is 22.3. The predicted molar refractivity (Wildman–Crippen MR) is 120 cm³/mol. The molecule has 31 heavy (non-hydrogen) atoms. The third-order valence-corrected chi connectivity index (χ3v) is 4.95. The fourth-order valence-corrected chi connectivity index (χ4v) is 3.56. The molecule has 0 bridgehead atoms. The number of amides is 2. The molecule has 2 aromatic carbocycles. The molecular formula is C23H24N4O3S. The van der Waals surface area contributed by atoms with Crippen LogP contribution >= 0.6 is 11.5 Å². The molecule has 0 radical (unpaired) electrons. The molecule has 0 saturated carbocycles. The number of ketones is 1. The number of aromatic nitrogens is 2. The maximum atomic E-state index is 13.5. The molecule has 7 nitrogen and oxygen atoms in total. The molecule has 8 heteroatoms. The van der Waals surface area contributed by atoms with Gasteiger partial charge in [0.1, 0.15) is 6.04 Å². The van der Waals surface area contributed by atoms with Crippen molar-refractivity contribution in [2.45, 2.75) is 39.3 Å². The number of nitrogens with zero attached hydrogens (tertiary/aromatic N) is 3. The zero-order valence-electron chi connectivity index (χ0n) is 17.8. The van der Waals surface area contributed by atoms with Gasteiger partial charge in [0.25, 0.3) is 5.91 Å². The topological polar surface area (TPSA) is 92.3 Å². The molecule has 0 fully saturated rings. The van der Waals surface area contributed by atoms with Crippen LogP contribution in [0.5, 0.6) is 0 Å². The highest BCUT2D eigenvalue weighted by Crippen LogP contribution is 2.31. The fourth-order valence-electron chi connectivity index (χ4n) is 3.13. The van der Waals surface area contributed by atoms with Gasteiger partial charge in [0.15, 0.2) is 11.5 Å². The summed E-state index contributed by atoms with van der Waals surface area (Å²) in [6.07, 6.45) is 0. The average Bonchev–Trinajstić information content (AvgIpc) is 3.25. The third kappa shape index (κ3) is 5.40. The van der Waals surface area contributed by atoms with Crippen LogP contribution in [-0.2, 0) is 4.79 Å². The van der Waals surface area contributed by atoms with Crippen LogP contribution in [0, 0.1) is 0 Å². The highest BCUT2D eigenvalue weighted by molar-refractivity contribution is 7.03. The number of carbonyl (C=O) groups is 3. The van der Waals surface area contributed by atoms with E-state index in [1.54, 1.807) is 36.4 Å². The largest absolute Gasteiger partial charge is 0.349 e. The van der Waals surface area contributed by atoms with E-state index in [1.165, 1.54) is 17.2 Å². The molecule has 0 aliphatic carbocycles. The quantitative estimate of drug-likeness (QED) is 0.589. The van der Waals surface area contributed by atoms with Crippen molar-refractivity contribution in [3.05, 3.63) is 76.8 Å². The Labute approximate surface area is 185 Å². The van der Waals surface area contributed by atoms with Crippen molar-refractivity contribution >= 4 is 34.8 Å². The summed E-state index contributed by atoms with van der Waals surface area (Å²) in [6.45, 7) is 7.08. The second-order valence-electron chi connectivity index (χ2n) is 8.12. The highest BCUT2D eigenvalue weighted by atomic mass is 32.1. The Morgan fingerprint density at radius 2 is 1.74 bits per heavy atom. The van der Waals surface area contributed by atoms with Crippen LogP contribution in [0.1, 0.15) is 60.1 Å². The maximum absolute atomic E-state index is 13.5. The van der Waals surface area contributed by atoms with Gasteiger partial charge in [-0.3, -0.25) is 19.3 Å². The zero-order chi connectivity index (χ0) is 22.6. The molecule has 3 rings (SSSR count). The Kier molecular flexibility index (Phi) is 6.60. The van der Waals surface area contributed by atoms with Gasteiger partial charge in [0, 0.05) is 22.2 Å². The van der Waals surface area contributed by atoms with Crippen LogP contribution < -0.4 is 10.2 Å². The number of anilines is 1. The molecule has 1 aromatic heterocycles. The van der Waals surface area contributed by atoms with Crippen molar-refractivity contribution in [3.63, 3.8) is 0 Å². The summed E-state index contributed by atoms with van der Waals surface area (Å²) in [4.78, 5) is 40.4. The lowest BCUT2D eigenvalue weighted by molar-refractivity contribution is -0.123. The Bertz CT molecular complexity index is 1080. The number of rotatable bonds is 6. The van der Waals surface area contributed by atoms with Crippen LogP contribution in [0.2, 0.25) is 0 Å². The number of hydrogen-bond donors (Lipinski definition) is 1. The van der Waals surface area contributed by atoms with E-state index < -0.39 is 17.5 Å². The molecule has 1 atom stereocenters. The number of hydrogen-bond acceptors (Lipinski definition) is 6. The molecule has 0 aliphatic heterocycles. The fraction of sp³-hybridized carbons (Fsp3) is 0.261. The molecule has 3 aromatic rings. The lowest BCUT2D eigenvalue weighted by Crippen LogP contribution is -2.49. The first-order valence-electron chi connectivity index (χ1n) is 9.76. The lowest BCUT2D eigenvalue weighted by Gasteiger charge is -2.33. The minimum absolute atomic E-state index is 0.128. The third-order valence-electron chi connectivity index (χ3n) is 4.45. The molecular weight excluding hydrogens is 412 g/mol. The monoisotopic (exact) mass is 436 g/mol. The van der Waals surface area contributed by atoms with Gasteiger partial charge >= 0.3 is 0 Å². The summed E-state index contributed by atoms with van der Waals surface area (Å²) in [5.74, 6) is -0.962. The van der Waals surface area contributed by atoms with Gasteiger partial charge in [0.2, 0.25) is 5.91 Å². The molecule has 1 heterocycles. The second-order valence-corrected chi connectivity index (χ2v) is 8.73. The maximum Gasteiger partial charge on any atom is 0.280 e. The molecule has 0 saturated heterocycles. The number of Topliss-reactive ketones (excluding diaryl/α,β-unsaturated/α-hetero) is 1. The Morgan fingerprint density at radius 1 is 1.03 bits per heavy atom. The SMILES string of the molecule is CC(=O)c1cccc(N(C(=O)c2csnn2)C(C(=O)NC(C)(C)C)c2ccccc2)c1. The summed E-state index contributed by atoms with van der Waals surface area (Å²) < 4.78 is 3.79. The number of carbonyl (C=O) groups excluding carboxylic acids is 3. The van der Waals surface area contributed by atoms with Crippen LogP contribution in [-0.4, -0.2) is 32.7 Å². The van der Waals surface area contributed by atoms with E-state index in [1.807, 2.05) is 39.0 Å². The van der Waals surface area contributed by atoms with Gasteiger partial charge in [-0.25, -0.2) is 0 Å². The standard InChI is InChI=1S/C23H24N4O3S/c1-15(28)17-11-8-12-18(13-17)27(22(30)19-14-31-26-25-19)20(16-9-6-5-7-10-16)21(29)24-23(2,3)4/h5-14,20H,1-4H3,(H,24,29). The first-order chi connectivity index (χ1) is 14.7. The lowest BCUT2D eigenvalue weighted by atomic mass is 10.00. The first-order valence-corrected chi connectivity index (χ1v) is 10.6. The van der Waals surface area contributed by atoms with Crippen LogP contribution in [0.15, 0.2) is 60.0 Å². The average molecular weight is 437 g/mol. The van der Waals surface area contributed by atoms with Crippen molar-refractivity contribution in [1.82, 2.24) is 14.9 Å². The Morgan fingerprint density at radius 3 is 2.32 bits per heavy atom. The van der Waals surface area contributed by atoms with Crippen LogP contribution in [0.4, 0.5) is 5.69 Å². The summed E-state index contributed by atoms with van der Waals surface area (Å²) in [5, 5.41) is 8.42. The zero-order valence-corrected chi connectivity index (χ0v) is 18.6. The van der Waals surface area contributed by atoms with Gasteiger partial charge in [-0.15, -0.1) is 5.10 Å². The van der Waals surface area contributed by atoms with Gasteiger partial charge in [0.05, 0.1) is 0 Å². The van der Waals surface area contributed by atoms with E-state index in [4.69, 9.17) is 0 Å². The van der Waals surface area contributed by atoms with Gasteiger partial charge < -0.3 is 5.32 Å². The minimum atomic E-state index is -0.975. The smallest absolute Gasteiger partial charge is 0.280 e. The summed E-state index contributed by atoms with van der Waals surface area (Å²) in [5.41, 5.74) is 1.11. The van der Waals surface area contributed by atoms with E-state index in [2.05, 4.69) is 14.9 Å². The van der Waals surface area contributed by atoms with E-state index in [0.29, 0.717) is 16.8 Å². The van der Waals surface area contributed by atoms with E-state index in [-0.39, 0.29) is 17.4 Å². The molecule has 160 valence electrons. The Hall–Kier alpha value is -3.39. The van der Waals surface area contributed by atoms with Crippen molar-refractivity contribution in [1.29, 1.82) is 0 Å². The predicted octanol–water partition coefficient (Wildman–Crippen LogP) is 4.04. The second kappa shape index (κ2) is 9.18. The Balaban J connectivity index is 2.20. The molecule has 0 aliphatic rings. The van der Waals surface area contributed by atoms with Gasteiger partial charge in [-0.1, -0.05) is 47.0 Å². The van der Waals surface area contributed by atoms with E-state index >= 15 is 0 Å². The van der Waals surface area contributed by atoms with Crippen LogP contribution in [0.25, 0.3) is 0 Å². The van der Waals surface area contributed by atoms with Gasteiger partial charge in [-0.2, -0.15) is 0 Å². The number of nitrogens with one attached hydrogen (secondary N) is 1. The molecule has 1 unspecified atom stereocenters. The summed E-state index contributed by atoms with van der Waals surface area (Å²) >= 11 is 1.05. The van der Waals surface area contributed by atoms with Crippen molar-refractivity contribution in [2.24, 2.45) is 0 Å². The van der Waals surface area contributed by atoms with Crippen LogP contribution in [0.3, 0.4) is 0 Å². The molecule has 0 spiro atoms. The normalized spacial score (nSPS) is 12.1. The molecule has 1 N–H and O–H groups in total. The summed E-state index contributed by atoms with van der Waals surface area (Å²) in [6, 6.07) is 14.7. The summed E-state index contributed by atoms with van der Waals surface area (Å²) in [7, 11) is 0. The van der Waals surface area contributed by atoms with E-state index in [9.17, 15) is 14.4 Å². The van der Waals surface area contributed by atoms with Gasteiger partial charge in [-0.05, 0) is 56.9 Å². The van der Waals surface area contributed by atoms with Crippen molar-refractivity contribution in [2.75, 3.05) is 4.90 Å². The minimum Gasteiger partial charge on any atom is -0.349 e. The molecule has 2 amide bonds. The van der Waals surface area contributed by atoms with Crippen molar-refractivity contribution in [3.8, 4) is 0 Å². The van der Waals surface area contributed by atoms with Crippen molar-refractivity contribution < 1.29 is 14.4 Å². The van der Waals surface area contributed by atoms with E-state index in [0.717, 1.165) is 11.5 Å².